The summed E-state index contributed by atoms with van der Waals surface area (Å²) in [5.74, 6) is -0.0797. The van der Waals surface area contributed by atoms with Crippen LogP contribution in [0.3, 0.4) is 0 Å². The van der Waals surface area contributed by atoms with Gasteiger partial charge in [-0.15, -0.1) is 11.3 Å². The highest BCUT2D eigenvalue weighted by molar-refractivity contribution is 7.09. The van der Waals surface area contributed by atoms with Gasteiger partial charge in [0.2, 0.25) is 0 Å². The molecule has 0 radical (unpaired) electrons. The Morgan fingerprint density at radius 3 is 2.37 bits per heavy atom. The van der Waals surface area contributed by atoms with E-state index in [2.05, 4.69) is 4.98 Å². The third-order valence-corrected chi connectivity index (χ3v) is 4.98. The van der Waals surface area contributed by atoms with Crippen LogP contribution in [0.1, 0.15) is 33.5 Å². The molecule has 0 amide bonds. The van der Waals surface area contributed by atoms with Crippen molar-refractivity contribution in [2.24, 2.45) is 0 Å². The van der Waals surface area contributed by atoms with Crippen LogP contribution in [0.25, 0.3) is 6.08 Å². The van der Waals surface area contributed by atoms with Crippen molar-refractivity contribution in [1.82, 2.24) is 4.98 Å². The van der Waals surface area contributed by atoms with E-state index in [0.29, 0.717) is 17.9 Å². The van der Waals surface area contributed by atoms with E-state index in [1.807, 2.05) is 36.6 Å². The minimum absolute atomic E-state index is 0.160. The normalized spacial score (nSPS) is 11.9. The van der Waals surface area contributed by atoms with Crippen molar-refractivity contribution in [1.29, 1.82) is 0 Å². The summed E-state index contributed by atoms with van der Waals surface area (Å²) < 4.78 is 11.0. The Morgan fingerprint density at radius 2 is 1.77 bits per heavy atom. The molecule has 0 aliphatic carbocycles. The van der Waals surface area contributed by atoms with Crippen molar-refractivity contribution in [2.75, 3.05) is 0 Å². The van der Waals surface area contributed by atoms with Gasteiger partial charge in [-0.1, -0.05) is 18.2 Å². The van der Waals surface area contributed by atoms with E-state index in [9.17, 15) is 9.59 Å². The van der Waals surface area contributed by atoms with Crippen LogP contribution in [0.5, 0.6) is 11.5 Å². The maximum atomic E-state index is 12.3. The number of aliphatic carboxylic acids is 1. The number of carboxylic acid groups (broad SMARTS) is 1. The number of carbonyl (C=O) groups is 2. The largest absolute Gasteiger partial charge is 0.487 e. The van der Waals surface area contributed by atoms with Gasteiger partial charge in [0.05, 0.1) is 10.7 Å². The first-order valence-electron chi connectivity index (χ1n) is 9.26. The summed E-state index contributed by atoms with van der Waals surface area (Å²) in [6.07, 6.45) is 2.26. The molecule has 3 rings (SSSR count). The third-order valence-electron chi connectivity index (χ3n) is 4.16. The second-order valence-corrected chi connectivity index (χ2v) is 7.60. The van der Waals surface area contributed by atoms with Crippen molar-refractivity contribution in [2.45, 2.75) is 26.6 Å². The molecule has 1 heterocycles. The van der Waals surface area contributed by atoms with Crippen molar-refractivity contribution in [3.05, 3.63) is 81.8 Å². The monoisotopic (exact) mass is 423 g/mol. The van der Waals surface area contributed by atoms with Gasteiger partial charge < -0.3 is 14.6 Å². The SMILES string of the molecule is Cc1nc(COc2ccc(/C=C/C(=O)c3ccc(O[C@H](C)C(=O)O)cc3)cc2)cs1. The minimum atomic E-state index is -1.05. The number of benzene rings is 2. The topological polar surface area (TPSA) is 85.7 Å². The molecule has 154 valence electrons. The van der Waals surface area contributed by atoms with Gasteiger partial charge in [0.25, 0.3) is 0 Å². The second-order valence-electron chi connectivity index (χ2n) is 6.54. The highest BCUT2D eigenvalue weighted by Crippen LogP contribution is 2.18. The minimum Gasteiger partial charge on any atom is -0.487 e. The van der Waals surface area contributed by atoms with E-state index in [-0.39, 0.29) is 5.78 Å². The molecule has 1 N–H and O–H groups in total. The van der Waals surface area contributed by atoms with Gasteiger partial charge in [-0.3, -0.25) is 4.79 Å². The molecule has 1 atom stereocenters. The Hall–Kier alpha value is -3.45. The van der Waals surface area contributed by atoms with Gasteiger partial charge in [0.1, 0.15) is 18.1 Å². The number of ether oxygens (including phenoxy) is 2. The van der Waals surface area contributed by atoms with Gasteiger partial charge >= 0.3 is 5.97 Å². The summed E-state index contributed by atoms with van der Waals surface area (Å²) in [6, 6.07) is 13.8. The zero-order valence-corrected chi connectivity index (χ0v) is 17.4. The van der Waals surface area contributed by atoms with Crippen LogP contribution in [0.15, 0.2) is 60.0 Å². The predicted octanol–water partition coefficient (Wildman–Crippen LogP) is 4.78. The lowest BCUT2D eigenvalue weighted by atomic mass is 10.1. The van der Waals surface area contributed by atoms with Gasteiger partial charge in [-0.05, 0) is 61.9 Å². The van der Waals surface area contributed by atoms with E-state index < -0.39 is 12.1 Å². The first-order chi connectivity index (χ1) is 14.4. The zero-order chi connectivity index (χ0) is 21.5. The van der Waals surface area contributed by atoms with E-state index in [0.717, 1.165) is 22.0 Å². The summed E-state index contributed by atoms with van der Waals surface area (Å²) >= 11 is 1.59. The van der Waals surface area contributed by atoms with Crippen molar-refractivity contribution in [3.8, 4) is 11.5 Å². The van der Waals surface area contributed by atoms with Crippen LogP contribution in [0.4, 0.5) is 0 Å². The molecule has 1 aromatic heterocycles. The highest BCUT2D eigenvalue weighted by atomic mass is 32.1. The summed E-state index contributed by atoms with van der Waals surface area (Å²) in [5, 5.41) is 11.9. The highest BCUT2D eigenvalue weighted by Gasteiger charge is 2.12. The van der Waals surface area contributed by atoms with E-state index in [1.54, 1.807) is 41.7 Å². The molecule has 0 unspecified atom stereocenters. The van der Waals surface area contributed by atoms with Crippen molar-refractivity contribution in [3.63, 3.8) is 0 Å². The molecule has 3 aromatic rings. The molecular formula is C23H21NO5S. The molecule has 0 saturated carbocycles. The Bertz CT molecular complexity index is 1040. The Morgan fingerprint density at radius 1 is 1.10 bits per heavy atom. The number of nitrogens with zero attached hydrogens (tertiary/aromatic N) is 1. The molecule has 2 aromatic carbocycles. The molecule has 0 fully saturated rings. The molecule has 0 bridgehead atoms. The fraction of sp³-hybridized carbons (Fsp3) is 0.174. The van der Waals surface area contributed by atoms with Crippen LogP contribution in [0.2, 0.25) is 0 Å². The van der Waals surface area contributed by atoms with Gasteiger partial charge in [-0.25, -0.2) is 9.78 Å². The van der Waals surface area contributed by atoms with Crippen LogP contribution in [0, 0.1) is 6.92 Å². The van der Waals surface area contributed by atoms with Crippen LogP contribution < -0.4 is 9.47 Å². The number of ketones is 1. The van der Waals surface area contributed by atoms with Crippen LogP contribution >= 0.6 is 11.3 Å². The molecule has 30 heavy (non-hydrogen) atoms. The number of hydrogen-bond donors (Lipinski definition) is 1. The first-order valence-corrected chi connectivity index (χ1v) is 10.1. The van der Waals surface area contributed by atoms with Gasteiger partial charge in [-0.2, -0.15) is 0 Å². The molecule has 7 heteroatoms. The van der Waals surface area contributed by atoms with Crippen molar-refractivity contribution >= 4 is 29.2 Å². The molecule has 0 aliphatic rings. The lowest BCUT2D eigenvalue weighted by Gasteiger charge is -2.10. The van der Waals surface area contributed by atoms with E-state index in [1.165, 1.54) is 13.0 Å². The smallest absolute Gasteiger partial charge is 0.344 e. The summed E-state index contributed by atoms with van der Waals surface area (Å²) in [5.41, 5.74) is 2.26. The van der Waals surface area contributed by atoms with Gasteiger partial charge in [0, 0.05) is 10.9 Å². The second kappa shape index (κ2) is 9.84. The molecule has 0 spiro atoms. The quantitative estimate of drug-likeness (QED) is 0.394. The Balaban J connectivity index is 1.54. The van der Waals surface area contributed by atoms with Crippen LogP contribution in [-0.2, 0) is 11.4 Å². The number of allylic oxidation sites excluding steroid dienone is 1. The Labute approximate surface area is 178 Å². The van der Waals surface area contributed by atoms with Crippen LogP contribution in [-0.4, -0.2) is 27.9 Å². The lowest BCUT2D eigenvalue weighted by Crippen LogP contribution is -2.22. The average Bonchev–Trinajstić information content (AvgIpc) is 3.17. The molecule has 6 nitrogen and oxygen atoms in total. The van der Waals surface area contributed by atoms with Gasteiger partial charge in [0.15, 0.2) is 11.9 Å². The summed E-state index contributed by atoms with van der Waals surface area (Å²) in [7, 11) is 0. The lowest BCUT2D eigenvalue weighted by molar-refractivity contribution is -0.144. The standard InChI is InChI=1S/C23H21NO5S/c1-15(23(26)27)29-21-10-6-18(7-11-21)22(25)12-5-17-3-8-20(9-4-17)28-13-19-14-30-16(2)24-19/h3-12,14-15H,13H2,1-2H3,(H,26,27)/b12-5+/t15-/m1/s1. The maximum Gasteiger partial charge on any atom is 0.344 e. The Kier molecular flexibility index (Phi) is 6.98. The number of hydrogen-bond acceptors (Lipinski definition) is 6. The molecular weight excluding hydrogens is 402 g/mol. The fourth-order valence-corrected chi connectivity index (χ4v) is 3.12. The average molecular weight is 423 g/mol. The zero-order valence-electron chi connectivity index (χ0n) is 16.6. The summed E-state index contributed by atoms with van der Waals surface area (Å²) in [6.45, 7) is 3.82. The molecule has 0 aliphatic heterocycles. The maximum absolute atomic E-state index is 12.3. The van der Waals surface area contributed by atoms with Crippen molar-refractivity contribution < 1.29 is 24.2 Å². The fourth-order valence-electron chi connectivity index (χ4n) is 2.53. The number of thiazole rings is 1. The number of carbonyl (C=O) groups excluding carboxylic acids is 1. The number of aromatic nitrogens is 1. The number of carboxylic acids is 1. The van der Waals surface area contributed by atoms with E-state index in [4.69, 9.17) is 14.6 Å². The first kappa shape index (κ1) is 21.3. The van der Waals surface area contributed by atoms with E-state index >= 15 is 0 Å². The summed E-state index contributed by atoms with van der Waals surface area (Å²) in [4.78, 5) is 27.5. The third kappa shape index (κ3) is 6.02. The number of rotatable bonds is 9. The number of aryl methyl sites for hydroxylation is 1. The predicted molar refractivity (Wildman–Crippen MR) is 115 cm³/mol. The molecule has 0 saturated heterocycles.